The number of hydrogen-bond acceptors (Lipinski definition) is 10. The molecule has 0 aromatic carbocycles. The number of rotatable bonds is 14. The van der Waals surface area contributed by atoms with Crippen LogP contribution in [0.1, 0.15) is 0 Å². The van der Waals surface area contributed by atoms with Crippen LogP contribution in [0.25, 0.3) is 0 Å². The Morgan fingerprint density at radius 2 is 1.03 bits per heavy atom. The lowest BCUT2D eigenvalue weighted by Crippen LogP contribution is -2.29. The molecule has 10 nitrogen and oxygen atoms in total. The Morgan fingerprint density at radius 1 is 0.724 bits per heavy atom. The van der Waals surface area contributed by atoms with Crippen molar-refractivity contribution in [3.63, 3.8) is 0 Å². The topological polar surface area (TPSA) is 127 Å². The molecule has 172 valence electrons. The van der Waals surface area contributed by atoms with Crippen molar-refractivity contribution in [2.24, 2.45) is 0 Å². The fraction of sp³-hybridized carbons (Fsp3) is 0.750. The van der Waals surface area contributed by atoms with Crippen molar-refractivity contribution in [1.29, 1.82) is 0 Å². The molecule has 0 saturated heterocycles. The third-order valence-electron chi connectivity index (χ3n) is 3.48. The van der Waals surface area contributed by atoms with Crippen LogP contribution in [0.15, 0.2) is 12.2 Å². The number of esters is 2. The molecule has 0 N–H and O–H groups in total. The second-order valence-electron chi connectivity index (χ2n) is 6.53. The van der Waals surface area contributed by atoms with Gasteiger partial charge in [-0.25, -0.2) is 26.4 Å². The van der Waals surface area contributed by atoms with Gasteiger partial charge in [-0.05, 0) is 14.1 Å². The first kappa shape index (κ1) is 30.0. The molecule has 0 rings (SSSR count). The third-order valence-corrected chi connectivity index (χ3v) is 5.33. The third kappa shape index (κ3) is 21.3. The van der Waals surface area contributed by atoms with Crippen LogP contribution in [-0.2, 0) is 38.7 Å². The standard InChI is InChI=1S/C16H30N2O8S2.ClH/c1-17(9-13-27(3,21)22)7-11-25-15(19)5-6-16(20)26-12-8-18(2)10-14-28(4,23)24;/h5-6H,7-14H2,1-4H3;1H/b6-5+;. The zero-order chi connectivity index (χ0) is 21.8. The highest BCUT2D eigenvalue weighted by Gasteiger charge is 2.08. The Bertz CT molecular complexity index is 676. The number of halogens is 1. The minimum Gasteiger partial charge on any atom is -0.461 e. The summed E-state index contributed by atoms with van der Waals surface area (Å²) in [4.78, 5) is 26.5. The summed E-state index contributed by atoms with van der Waals surface area (Å²) in [7, 11) is -2.67. The summed E-state index contributed by atoms with van der Waals surface area (Å²) in [6.07, 6.45) is 4.20. The summed E-state index contributed by atoms with van der Waals surface area (Å²) in [6.45, 7) is 1.50. The van der Waals surface area contributed by atoms with Crippen LogP contribution >= 0.6 is 12.4 Å². The summed E-state index contributed by atoms with van der Waals surface area (Å²) in [5.74, 6) is -1.38. The molecule has 0 bridgehead atoms. The van der Waals surface area contributed by atoms with Crippen LogP contribution in [0.4, 0.5) is 0 Å². The highest BCUT2D eigenvalue weighted by molar-refractivity contribution is 7.90. The van der Waals surface area contributed by atoms with E-state index in [1.54, 1.807) is 23.9 Å². The van der Waals surface area contributed by atoms with E-state index in [2.05, 4.69) is 0 Å². The van der Waals surface area contributed by atoms with E-state index in [-0.39, 0.29) is 37.1 Å². The van der Waals surface area contributed by atoms with Gasteiger partial charge >= 0.3 is 11.9 Å². The maximum absolute atomic E-state index is 11.5. The SMILES string of the molecule is CN(CCOC(=O)/C=C/C(=O)OCCN(C)CCS(C)(=O)=O)CCS(C)(=O)=O.Cl. The van der Waals surface area contributed by atoms with Gasteiger partial charge in [-0.1, -0.05) is 0 Å². The van der Waals surface area contributed by atoms with Gasteiger partial charge in [0.05, 0.1) is 11.5 Å². The summed E-state index contributed by atoms with van der Waals surface area (Å²) in [5, 5.41) is 0. The van der Waals surface area contributed by atoms with Crippen LogP contribution in [0.3, 0.4) is 0 Å². The van der Waals surface area contributed by atoms with Crippen molar-refractivity contribution in [2.75, 3.05) is 77.5 Å². The van der Waals surface area contributed by atoms with E-state index in [4.69, 9.17) is 9.47 Å². The van der Waals surface area contributed by atoms with E-state index < -0.39 is 31.6 Å². The van der Waals surface area contributed by atoms with E-state index >= 15 is 0 Å². The summed E-state index contributed by atoms with van der Waals surface area (Å²) >= 11 is 0. The van der Waals surface area contributed by atoms with E-state index in [0.29, 0.717) is 26.2 Å². The number of likely N-dealkylation sites (N-methyl/N-ethyl adjacent to an activating group) is 2. The van der Waals surface area contributed by atoms with E-state index in [1.165, 1.54) is 0 Å². The summed E-state index contributed by atoms with van der Waals surface area (Å²) in [5.41, 5.74) is 0. The predicted octanol–water partition coefficient (Wildman–Crippen LogP) is -0.996. The quantitative estimate of drug-likeness (QED) is 0.226. The molecule has 0 radical (unpaired) electrons. The lowest BCUT2D eigenvalue weighted by molar-refractivity contribution is -0.140. The van der Waals surface area contributed by atoms with Crippen LogP contribution in [0, 0.1) is 0 Å². The van der Waals surface area contributed by atoms with Crippen molar-refractivity contribution in [1.82, 2.24) is 9.80 Å². The summed E-state index contributed by atoms with van der Waals surface area (Å²) < 4.78 is 54.1. The molecule has 0 aromatic rings. The second-order valence-corrected chi connectivity index (χ2v) is 11.1. The number of carbonyl (C=O) groups is 2. The van der Waals surface area contributed by atoms with Gasteiger partial charge in [-0.3, -0.25) is 0 Å². The second kappa shape index (κ2) is 14.7. The lowest BCUT2D eigenvalue weighted by Gasteiger charge is -2.15. The first-order valence-electron chi connectivity index (χ1n) is 8.52. The van der Waals surface area contributed by atoms with Crippen LogP contribution in [-0.4, -0.2) is 116 Å². The largest absolute Gasteiger partial charge is 0.461 e. The molecule has 0 spiro atoms. The maximum Gasteiger partial charge on any atom is 0.331 e. The van der Waals surface area contributed by atoms with Gasteiger partial charge in [-0.15, -0.1) is 12.4 Å². The molecule has 0 unspecified atom stereocenters. The highest BCUT2D eigenvalue weighted by atomic mass is 35.5. The van der Waals surface area contributed by atoms with Gasteiger partial charge in [0.2, 0.25) is 0 Å². The van der Waals surface area contributed by atoms with Crippen molar-refractivity contribution in [3.8, 4) is 0 Å². The number of hydrogen-bond donors (Lipinski definition) is 0. The van der Waals surface area contributed by atoms with Crippen molar-refractivity contribution in [2.45, 2.75) is 0 Å². The Kier molecular flexibility index (Phi) is 15.2. The average molecular weight is 479 g/mol. The zero-order valence-electron chi connectivity index (χ0n) is 17.2. The monoisotopic (exact) mass is 478 g/mol. The lowest BCUT2D eigenvalue weighted by atomic mass is 10.5. The zero-order valence-corrected chi connectivity index (χ0v) is 19.6. The van der Waals surface area contributed by atoms with Crippen LogP contribution in [0.5, 0.6) is 0 Å². The van der Waals surface area contributed by atoms with Crippen molar-refractivity contribution in [3.05, 3.63) is 12.2 Å². The molecule has 0 saturated carbocycles. The fourth-order valence-electron chi connectivity index (χ4n) is 1.70. The molecule has 29 heavy (non-hydrogen) atoms. The molecule has 0 amide bonds. The first-order valence-corrected chi connectivity index (χ1v) is 12.6. The van der Waals surface area contributed by atoms with E-state index in [9.17, 15) is 26.4 Å². The van der Waals surface area contributed by atoms with Gasteiger partial charge < -0.3 is 19.3 Å². The highest BCUT2D eigenvalue weighted by Crippen LogP contribution is 1.92. The molecule has 0 aliphatic heterocycles. The Labute approximate surface area is 179 Å². The van der Waals surface area contributed by atoms with E-state index in [0.717, 1.165) is 24.7 Å². The van der Waals surface area contributed by atoms with Gasteiger partial charge in [0, 0.05) is 50.8 Å². The Morgan fingerprint density at radius 3 is 1.31 bits per heavy atom. The van der Waals surface area contributed by atoms with Crippen LogP contribution < -0.4 is 0 Å². The number of carbonyl (C=O) groups excluding carboxylic acids is 2. The molecule has 0 heterocycles. The number of sulfone groups is 2. The number of ether oxygens (including phenoxy) is 2. The molecule has 0 atom stereocenters. The molecule has 0 aromatic heterocycles. The van der Waals surface area contributed by atoms with E-state index in [1.807, 2.05) is 0 Å². The molecule has 13 heteroatoms. The summed E-state index contributed by atoms with van der Waals surface area (Å²) in [6, 6.07) is 0. The predicted molar refractivity (Wildman–Crippen MR) is 113 cm³/mol. The Hall–Kier alpha value is -1.21. The van der Waals surface area contributed by atoms with Gasteiger partial charge in [-0.2, -0.15) is 0 Å². The molecular weight excluding hydrogens is 448 g/mol. The smallest absolute Gasteiger partial charge is 0.331 e. The molecular formula is C16H31ClN2O8S2. The van der Waals surface area contributed by atoms with Gasteiger partial charge in [0.25, 0.3) is 0 Å². The molecule has 0 aliphatic carbocycles. The first-order chi connectivity index (χ1) is 12.8. The molecule has 0 aliphatic rings. The molecule has 0 fully saturated rings. The van der Waals surface area contributed by atoms with Gasteiger partial charge in [0.1, 0.15) is 32.9 Å². The average Bonchev–Trinajstić information content (AvgIpc) is 2.55. The Balaban J connectivity index is 0. The minimum absolute atomic E-state index is 0. The van der Waals surface area contributed by atoms with Crippen LogP contribution in [0.2, 0.25) is 0 Å². The van der Waals surface area contributed by atoms with Crippen molar-refractivity contribution < 1.29 is 35.9 Å². The maximum atomic E-state index is 11.5. The van der Waals surface area contributed by atoms with Gasteiger partial charge in [0.15, 0.2) is 0 Å². The normalized spacial score (nSPS) is 12.2. The minimum atomic E-state index is -3.04. The fourth-order valence-corrected chi connectivity index (χ4v) is 2.99. The number of nitrogens with zero attached hydrogens (tertiary/aromatic N) is 2. The van der Waals surface area contributed by atoms with Crippen molar-refractivity contribution >= 4 is 44.0 Å².